The first kappa shape index (κ1) is 20.1. The first-order valence-corrected chi connectivity index (χ1v) is 9.59. The van der Waals surface area contributed by atoms with E-state index in [1.165, 1.54) is 12.3 Å². The third-order valence-electron chi connectivity index (χ3n) is 4.54. The maximum Gasteiger partial charge on any atom is 0.274 e. The van der Waals surface area contributed by atoms with Crippen molar-refractivity contribution in [3.8, 4) is 0 Å². The second-order valence-corrected chi connectivity index (χ2v) is 6.42. The number of pyridine rings is 1. The summed E-state index contributed by atoms with van der Waals surface area (Å²) in [6, 6.07) is 19.9. The van der Waals surface area contributed by atoms with Crippen molar-refractivity contribution >= 4 is 28.9 Å². The standard InChI is InChI=1S/C23H24N4O2/c1-3-27(4-2)20-12-10-19(11-13-20)25-22(28)17-14-15-24-21(16-17)23(29)26-18-8-6-5-7-9-18/h5-16H,3-4H2,1-2H3,(H,25,28)(H,26,29). The fourth-order valence-electron chi connectivity index (χ4n) is 2.96. The van der Waals surface area contributed by atoms with Gasteiger partial charge in [0.2, 0.25) is 0 Å². The molecule has 2 N–H and O–H groups in total. The van der Waals surface area contributed by atoms with Crippen LogP contribution >= 0.6 is 0 Å². The van der Waals surface area contributed by atoms with E-state index in [4.69, 9.17) is 0 Å². The molecule has 0 atom stereocenters. The van der Waals surface area contributed by atoms with Gasteiger partial charge in [0.25, 0.3) is 11.8 Å². The number of hydrogen-bond acceptors (Lipinski definition) is 4. The van der Waals surface area contributed by atoms with Crippen LogP contribution in [-0.4, -0.2) is 29.9 Å². The van der Waals surface area contributed by atoms with Crippen molar-refractivity contribution in [2.75, 3.05) is 28.6 Å². The zero-order valence-corrected chi connectivity index (χ0v) is 16.6. The highest BCUT2D eigenvalue weighted by atomic mass is 16.2. The van der Waals surface area contributed by atoms with Crippen molar-refractivity contribution in [2.24, 2.45) is 0 Å². The zero-order valence-electron chi connectivity index (χ0n) is 16.6. The molecule has 0 aliphatic rings. The first-order chi connectivity index (χ1) is 14.1. The maximum absolute atomic E-state index is 12.6. The van der Waals surface area contributed by atoms with Gasteiger partial charge >= 0.3 is 0 Å². The lowest BCUT2D eigenvalue weighted by Gasteiger charge is -2.21. The molecule has 0 saturated heterocycles. The molecule has 0 radical (unpaired) electrons. The van der Waals surface area contributed by atoms with E-state index in [9.17, 15) is 9.59 Å². The average molecular weight is 388 g/mol. The Morgan fingerprint density at radius 3 is 2.10 bits per heavy atom. The Hall–Kier alpha value is -3.67. The molecule has 0 aliphatic carbocycles. The van der Waals surface area contributed by atoms with Gasteiger partial charge in [-0.15, -0.1) is 0 Å². The topological polar surface area (TPSA) is 74.3 Å². The van der Waals surface area contributed by atoms with Crippen LogP contribution in [0.3, 0.4) is 0 Å². The van der Waals surface area contributed by atoms with E-state index in [0.29, 0.717) is 16.9 Å². The minimum Gasteiger partial charge on any atom is -0.372 e. The lowest BCUT2D eigenvalue weighted by Crippen LogP contribution is -2.21. The Kier molecular flexibility index (Phi) is 6.58. The molecule has 3 aromatic rings. The number of aromatic nitrogens is 1. The molecule has 6 nitrogen and oxygen atoms in total. The van der Waals surface area contributed by atoms with E-state index in [1.54, 1.807) is 18.2 Å². The highest BCUT2D eigenvalue weighted by Gasteiger charge is 2.13. The van der Waals surface area contributed by atoms with Gasteiger partial charge < -0.3 is 15.5 Å². The molecule has 2 aromatic carbocycles. The molecule has 2 amide bonds. The van der Waals surface area contributed by atoms with Gasteiger partial charge in [-0.1, -0.05) is 18.2 Å². The molecule has 0 saturated carbocycles. The normalized spacial score (nSPS) is 10.3. The molecule has 0 aliphatic heterocycles. The summed E-state index contributed by atoms with van der Waals surface area (Å²) in [5.74, 6) is -0.661. The van der Waals surface area contributed by atoms with Crippen LogP contribution in [0, 0.1) is 0 Å². The maximum atomic E-state index is 12.6. The van der Waals surface area contributed by atoms with Gasteiger partial charge in [-0.3, -0.25) is 14.6 Å². The monoisotopic (exact) mass is 388 g/mol. The predicted molar refractivity (Wildman–Crippen MR) is 117 cm³/mol. The summed E-state index contributed by atoms with van der Waals surface area (Å²) in [6.45, 7) is 6.06. The van der Waals surface area contributed by atoms with Crippen LogP contribution in [0.15, 0.2) is 72.9 Å². The van der Waals surface area contributed by atoms with Crippen molar-refractivity contribution in [3.63, 3.8) is 0 Å². The van der Waals surface area contributed by atoms with Crippen LogP contribution < -0.4 is 15.5 Å². The molecule has 0 bridgehead atoms. The van der Waals surface area contributed by atoms with Crippen molar-refractivity contribution < 1.29 is 9.59 Å². The van der Waals surface area contributed by atoms with E-state index in [1.807, 2.05) is 42.5 Å². The predicted octanol–water partition coefficient (Wildman–Crippen LogP) is 4.43. The molecule has 0 spiro atoms. The summed E-state index contributed by atoms with van der Waals surface area (Å²) in [5.41, 5.74) is 3.02. The molecule has 0 unspecified atom stereocenters. The van der Waals surface area contributed by atoms with Gasteiger partial charge in [-0.25, -0.2) is 0 Å². The van der Waals surface area contributed by atoms with Crippen molar-refractivity contribution in [2.45, 2.75) is 13.8 Å². The van der Waals surface area contributed by atoms with Gasteiger partial charge in [0.1, 0.15) is 5.69 Å². The van der Waals surface area contributed by atoms with Gasteiger partial charge in [-0.2, -0.15) is 0 Å². The molecule has 148 valence electrons. The summed E-state index contributed by atoms with van der Waals surface area (Å²) in [5, 5.41) is 5.62. The number of hydrogen-bond donors (Lipinski definition) is 2. The quantitative estimate of drug-likeness (QED) is 0.628. The number of benzene rings is 2. The van der Waals surface area contributed by atoms with Crippen LogP contribution in [0.1, 0.15) is 34.7 Å². The number of anilines is 3. The summed E-state index contributed by atoms with van der Waals surface area (Å²) in [6.07, 6.45) is 1.46. The van der Waals surface area contributed by atoms with Gasteiger partial charge in [-0.05, 0) is 62.4 Å². The largest absolute Gasteiger partial charge is 0.372 e. The van der Waals surface area contributed by atoms with Gasteiger partial charge in [0.05, 0.1) is 0 Å². The summed E-state index contributed by atoms with van der Waals surface area (Å²) >= 11 is 0. The average Bonchev–Trinajstić information content (AvgIpc) is 2.76. The number of rotatable bonds is 7. The van der Waals surface area contributed by atoms with Crippen LogP contribution in [0.25, 0.3) is 0 Å². The van der Waals surface area contributed by atoms with Crippen LogP contribution in [-0.2, 0) is 0 Å². The minimum absolute atomic E-state index is 0.179. The number of amides is 2. The lowest BCUT2D eigenvalue weighted by atomic mass is 10.2. The molecule has 1 heterocycles. The van der Waals surface area contributed by atoms with Gasteiger partial charge in [0, 0.05) is 41.9 Å². The van der Waals surface area contributed by atoms with E-state index in [-0.39, 0.29) is 17.5 Å². The van der Waals surface area contributed by atoms with Gasteiger partial charge in [0.15, 0.2) is 0 Å². The fraction of sp³-hybridized carbons (Fsp3) is 0.174. The molecule has 29 heavy (non-hydrogen) atoms. The first-order valence-electron chi connectivity index (χ1n) is 9.59. The molecular formula is C23H24N4O2. The second kappa shape index (κ2) is 9.50. The number of para-hydroxylation sites is 1. The van der Waals surface area contributed by atoms with Crippen molar-refractivity contribution in [3.05, 3.63) is 84.2 Å². The Morgan fingerprint density at radius 2 is 1.45 bits per heavy atom. The Balaban J connectivity index is 1.68. The Morgan fingerprint density at radius 1 is 0.828 bits per heavy atom. The van der Waals surface area contributed by atoms with Crippen molar-refractivity contribution in [1.82, 2.24) is 4.98 Å². The number of nitrogens with zero attached hydrogens (tertiary/aromatic N) is 2. The van der Waals surface area contributed by atoms with E-state index in [2.05, 4.69) is 34.4 Å². The summed E-state index contributed by atoms with van der Waals surface area (Å²) in [7, 11) is 0. The van der Waals surface area contributed by atoms with E-state index in [0.717, 1.165) is 18.8 Å². The highest BCUT2D eigenvalue weighted by Crippen LogP contribution is 2.18. The summed E-state index contributed by atoms with van der Waals surface area (Å²) in [4.78, 5) is 31.3. The van der Waals surface area contributed by atoms with Crippen LogP contribution in [0.4, 0.5) is 17.1 Å². The SMILES string of the molecule is CCN(CC)c1ccc(NC(=O)c2ccnc(C(=O)Nc3ccccc3)c2)cc1. The van der Waals surface area contributed by atoms with Crippen LogP contribution in [0.5, 0.6) is 0 Å². The number of nitrogens with one attached hydrogen (secondary N) is 2. The smallest absolute Gasteiger partial charge is 0.274 e. The number of carbonyl (C=O) groups is 2. The minimum atomic E-state index is -0.366. The molecular weight excluding hydrogens is 364 g/mol. The third-order valence-corrected chi connectivity index (χ3v) is 4.54. The van der Waals surface area contributed by atoms with E-state index >= 15 is 0 Å². The Labute approximate surface area is 170 Å². The highest BCUT2D eigenvalue weighted by molar-refractivity contribution is 6.07. The van der Waals surface area contributed by atoms with E-state index < -0.39 is 0 Å². The molecule has 6 heteroatoms. The number of carbonyl (C=O) groups excluding carboxylic acids is 2. The summed E-state index contributed by atoms with van der Waals surface area (Å²) < 4.78 is 0. The zero-order chi connectivity index (χ0) is 20.6. The van der Waals surface area contributed by atoms with Crippen LogP contribution in [0.2, 0.25) is 0 Å². The Bertz CT molecular complexity index is 968. The second-order valence-electron chi connectivity index (χ2n) is 6.42. The molecule has 3 rings (SSSR count). The fourth-order valence-corrected chi connectivity index (χ4v) is 2.96. The third kappa shape index (κ3) is 5.19. The lowest BCUT2D eigenvalue weighted by molar-refractivity contribution is 0.102. The van der Waals surface area contributed by atoms with Crippen molar-refractivity contribution in [1.29, 1.82) is 0 Å². The molecule has 0 fully saturated rings. The molecule has 1 aromatic heterocycles.